The van der Waals surface area contributed by atoms with Crippen molar-refractivity contribution in [2.75, 3.05) is 6.54 Å². The molecule has 0 spiro atoms. The molecular weight excluding hydrogens is 186 g/mol. The number of rotatable bonds is 5. The molecule has 0 saturated heterocycles. The van der Waals surface area contributed by atoms with Gasteiger partial charge in [-0.25, -0.2) is 9.59 Å². The van der Waals surface area contributed by atoms with Gasteiger partial charge in [0.2, 0.25) is 5.60 Å². The largest absolute Gasteiger partial charge is 0.478 e. The maximum Gasteiger partial charge on any atom is 0.408 e. The normalized spacial score (nSPS) is 10.8. The Morgan fingerprint density at radius 3 is 2.43 bits per heavy atom. The summed E-state index contributed by atoms with van der Waals surface area (Å²) in [5.74, 6) is -1.16. The van der Waals surface area contributed by atoms with E-state index in [1.165, 1.54) is 13.8 Å². The molecule has 0 bridgehead atoms. The van der Waals surface area contributed by atoms with E-state index in [0.29, 0.717) is 6.54 Å². The standard InChI is InChI=1S/C9H17NO4/c1-4-5-6-10-8(13)14-9(2,3)7(11)12/h4-6H2,1-3H3,(H,10,13)(H,11,12). The lowest BCUT2D eigenvalue weighted by Gasteiger charge is -2.19. The summed E-state index contributed by atoms with van der Waals surface area (Å²) >= 11 is 0. The number of alkyl carbamates (subject to hydrolysis) is 1. The third-order valence-corrected chi connectivity index (χ3v) is 1.66. The van der Waals surface area contributed by atoms with Gasteiger partial charge in [0.1, 0.15) is 0 Å². The van der Waals surface area contributed by atoms with Crippen LogP contribution >= 0.6 is 0 Å². The number of carbonyl (C=O) groups excluding carboxylic acids is 1. The van der Waals surface area contributed by atoms with Crippen LogP contribution in [0.25, 0.3) is 0 Å². The van der Waals surface area contributed by atoms with Crippen LogP contribution in [0.15, 0.2) is 0 Å². The number of carbonyl (C=O) groups is 2. The fraction of sp³-hybridized carbons (Fsp3) is 0.778. The third kappa shape index (κ3) is 4.69. The van der Waals surface area contributed by atoms with E-state index in [4.69, 9.17) is 9.84 Å². The molecule has 2 N–H and O–H groups in total. The number of hydrogen-bond donors (Lipinski definition) is 2. The summed E-state index contributed by atoms with van der Waals surface area (Å²) in [7, 11) is 0. The zero-order valence-electron chi connectivity index (χ0n) is 8.79. The maximum absolute atomic E-state index is 11.0. The van der Waals surface area contributed by atoms with E-state index in [1.807, 2.05) is 6.92 Å². The quantitative estimate of drug-likeness (QED) is 0.662. The van der Waals surface area contributed by atoms with Gasteiger partial charge in [-0.2, -0.15) is 0 Å². The Labute approximate surface area is 83.4 Å². The van der Waals surface area contributed by atoms with E-state index in [1.54, 1.807) is 0 Å². The molecule has 0 aliphatic heterocycles. The Morgan fingerprint density at radius 2 is 2.00 bits per heavy atom. The van der Waals surface area contributed by atoms with Crippen molar-refractivity contribution < 1.29 is 19.4 Å². The van der Waals surface area contributed by atoms with Gasteiger partial charge in [-0.15, -0.1) is 0 Å². The van der Waals surface area contributed by atoms with Crippen molar-refractivity contribution in [2.45, 2.75) is 39.2 Å². The second kappa shape index (κ2) is 5.47. The van der Waals surface area contributed by atoms with Crippen molar-refractivity contribution in [3.63, 3.8) is 0 Å². The summed E-state index contributed by atoms with van der Waals surface area (Å²) in [4.78, 5) is 21.6. The van der Waals surface area contributed by atoms with Crippen LogP contribution in [0, 0.1) is 0 Å². The van der Waals surface area contributed by atoms with E-state index in [0.717, 1.165) is 12.8 Å². The van der Waals surface area contributed by atoms with Gasteiger partial charge in [0.15, 0.2) is 0 Å². The number of aliphatic carboxylic acids is 1. The van der Waals surface area contributed by atoms with Crippen molar-refractivity contribution in [2.24, 2.45) is 0 Å². The van der Waals surface area contributed by atoms with E-state index in [2.05, 4.69) is 5.32 Å². The van der Waals surface area contributed by atoms with Crippen LogP contribution in [0.5, 0.6) is 0 Å². The zero-order chi connectivity index (χ0) is 11.2. The highest BCUT2D eigenvalue weighted by molar-refractivity contribution is 5.80. The van der Waals surface area contributed by atoms with Crippen molar-refractivity contribution in [3.8, 4) is 0 Å². The number of ether oxygens (including phenoxy) is 1. The van der Waals surface area contributed by atoms with Crippen LogP contribution in [-0.4, -0.2) is 29.3 Å². The molecule has 14 heavy (non-hydrogen) atoms. The van der Waals surface area contributed by atoms with Gasteiger partial charge in [0.05, 0.1) is 0 Å². The fourth-order valence-electron chi connectivity index (χ4n) is 0.679. The molecule has 0 atom stereocenters. The first-order valence-corrected chi connectivity index (χ1v) is 4.60. The highest BCUT2D eigenvalue weighted by Crippen LogP contribution is 2.08. The lowest BCUT2D eigenvalue weighted by atomic mass is 10.1. The van der Waals surface area contributed by atoms with Crippen molar-refractivity contribution in [1.29, 1.82) is 0 Å². The van der Waals surface area contributed by atoms with Gasteiger partial charge in [-0.1, -0.05) is 13.3 Å². The minimum absolute atomic E-state index is 0.505. The molecule has 0 unspecified atom stereocenters. The van der Waals surface area contributed by atoms with Crippen LogP contribution in [0.4, 0.5) is 4.79 Å². The summed E-state index contributed by atoms with van der Waals surface area (Å²) in [6.45, 7) is 5.16. The molecule has 0 heterocycles. The van der Waals surface area contributed by atoms with E-state index >= 15 is 0 Å². The molecule has 0 aliphatic rings. The molecule has 0 radical (unpaired) electrons. The minimum Gasteiger partial charge on any atom is -0.478 e. The highest BCUT2D eigenvalue weighted by atomic mass is 16.6. The summed E-state index contributed by atoms with van der Waals surface area (Å²) in [6.07, 6.45) is 1.12. The average molecular weight is 203 g/mol. The highest BCUT2D eigenvalue weighted by Gasteiger charge is 2.31. The Bertz CT molecular complexity index is 213. The van der Waals surface area contributed by atoms with Gasteiger partial charge in [-0.05, 0) is 20.3 Å². The predicted molar refractivity (Wildman–Crippen MR) is 51.1 cm³/mol. The maximum atomic E-state index is 11.0. The Kier molecular flexibility index (Phi) is 4.97. The predicted octanol–water partition coefficient (Wildman–Crippen LogP) is 1.38. The van der Waals surface area contributed by atoms with Gasteiger partial charge in [0.25, 0.3) is 0 Å². The average Bonchev–Trinajstić information content (AvgIpc) is 2.03. The van der Waals surface area contributed by atoms with Crippen LogP contribution in [0.3, 0.4) is 0 Å². The zero-order valence-corrected chi connectivity index (χ0v) is 8.79. The molecule has 0 aliphatic carbocycles. The van der Waals surface area contributed by atoms with E-state index < -0.39 is 17.7 Å². The summed E-state index contributed by atoms with van der Waals surface area (Å²) in [5.41, 5.74) is -1.48. The molecule has 0 rings (SSSR count). The number of nitrogens with one attached hydrogen (secondary N) is 1. The summed E-state index contributed by atoms with van der Waals surface area (Å²) in [6, 6.07) is 0. The van der Waals surface area contributed by atoms with Crippen molar-refractivity contribution in [3.05, 3.63) is 0 Å². The van der Waals surface area contributed by atoms with Crippen LogP contribution in [-0.2, 0) is 9.53 Å². The molecule has 5 heteroatoms. The second-order valence-corrected chi connectivity index (χ2v) is 3.49. The van der Waals surface area contributed by atoms with Crippen LogP contribution in [0.2, 0.25) is 0 Å². The molecule has 0 aromatic rings. The monoisotopic (exact) mass is 203 g/mol. The molecule has 1 amide bonds. The molecular formula is C9H17NO4. The summed E-state index contributed by atoms with van der Waals surface area (Å²) in [5, 5.41) is 11.1. The number of hydrogen-bond acceptors (Lipinski definition) is 3. The van der Waals surface area contributed by atoms with Gasteiger partial charge < -0.3 is 15.2 Å². The number of amides is 1. The second-order valence-electron chi connectivity index (χ2n) is 3.49. The smallest absolute Gasteiger partial charge is 0.408 e. The first-order valence-electron chi connectivity index (χ1n) is 4.60. The molecule has 5 nitrogen and oxygen atoms in total. The fourth-order valence-corrected chi connectivity index (χ4v) is 0.679. The van der Waals surface area contributed by atoms with Crippen molar-refractivity contribution in [1.82, 2.24) is 5.32 Å². The Hall–Kier alpha value is -1.26. The van der Waals surface area contributed by atoms with E-state index in [-0.39, 0.29) is 0 Å². The topological polar surface area (TPSA) is 75.6 Å². The molecule has 0 fully saturated rings. The molecule has 0 saturated carbocycles. The first kappa shape index (κ1) is 12.7. The molecule has 82 valence electrons. The number of carboxylic acid groups (broad SMARTS) is 1. The summed E-state index contributed by atoms with van der Waals surface area (Å²) < 4.78 is 4.70. The first-order chi connectivity index (χ1) is 6.40. The van der Waals surface area contributed by atoms with Crippen LogP contribution in [0.1, 0.15) is 33.6 Å². The molecule has 0 aromatic carbocycles. The minimum atomic E-state index is -1.48. The van der Waals surface area contributed by atoms with E-state index in [9.17, 15) is 9.59 Å². The third-order valence-electron chi connectivity index (χ3n) is 1.66. The van der Waals surface area contributed by atoms with Gasteiger partial charge in [0, 0.05) is 6.54 Å². The lowest BCUT2D eigenvalue weighted by Crippen LogP contribution is -2.40. The van der Waals surface area contributed by atoms with Gasteiger partial charge in [-0.3, -0.25) is 0 Å². The number of unbranched alkanes of at least 4 members (excludes halogenated alkanes) is 1. The van der Waals surface area contributed by atoms with Gasteiger partial charge >= 0.3 is 12.1 Å². The SMILES string of the molecule is CCCCNC(=O)OC(C)(C)C(=O)O. The Morgan fingerprint density at radius 1 is 1.43 bits per heavy atom. The molecule has 0 aromatic heterocycles. The number of carboxylic acids is 1. The van der Waals surface area contributed by atoms with Crippen molar-refractivity contribution >= 4 is 12.1 Å². The Balaban J connectivity index is 3.88. The lowest BCUT2D eigenvalue weighted by molar-refractivity contribution is -0.154. The van der Waals surface area contributed by atoms with Crippen LogP contribution < -0.4 is 5.32 Å².